The van der Waals surface area contributed by atoms with Crippen molar-refractivity contribution in [3.8, 4) is 0 Å². The molecule has 4 N–H and O–H groups in total. The van der Waals surface area contributed by atoms with Gasteiger partial charge in [0.15, 0.2) is 5.82 Å². The molecular formula is C11H17BrN4O2S. The van der Waals surface area contributed by atoms with Crippen LogP contribution in [0.4, 0.5) is 5.82 Å². The van der Waals surface area contributed by atoms with Crippen LogP contribution in [0.2, 0.25) is 0 Å². The van der Waals surface area contributed by atoms with Gasteiger partial charge in [0, 0.05) is 17.2 Å². The van der Waals surface area contributed by atoms with Crippen molar-refractivity contribution in [3.05, 3.63) is 16.7 Å². The van der Waals surface area contributed by atoms with Crippen LogP contribution in [0.1, 0.15) is 19.8 Å². The van der Waals surface area contributed by atoms with Crippen LogP contribution in [0.15, 0.2) is 21.6 Å². The van der Waals surface area contributed by atoms with Crippen molar-refractivity contribution < 1.29 is 8.42 Å². The summed E-state index contributed by atoms with van der Waals surface area (Å²) < 4.78 is 27.7. The molecule has 0 spiro atoms. The number of nitrogens with one attached hydrogen (secondary N) is 2. The highest BCUT2D eigenvalue weighted by Gasteiger charge is 2.29. The first-order chi connectivity index (χ1) is 8.94. The zero-order valence-electron chi connectivity index (χ0n) is 10.6. The van der Waals surface area contributed by atoms with Gasteiger partial charge in [0.1, 0.15) is 4.90 Å². The molecule has 1 aliphatic carbocycles. The molecule has 1 atom stereocenters. The van der Waals surface area contributed by atoms with E-state index in [4.69, 9.17) is 5.84 Å². The average Bonchev–Trinajstić information content (AvgIpc) is 3.20. The number of pyridine rings is 1. The molecule has 0 aliphatic heterocycles. The molecule has 8 heteroatoms. The van der Waals surface area contributed by atoms with Crippen molar-refractivity contribution in [2.75, 3.05) is 12.0 Å². The van der Waals surface area contributed by atoms with E-state index in [2.05, 4.69) is 38.0 Å². The first-order valence-corrected chi connectivity index (χ1v) is 8.33. The monoisotopic (exact) mass is 348 g/mol. The average molecular weight is 349 g/mol. The van der Waals surface area contributed by atoms with Gasteiger partial charge < -0.3 is 5.43 Å². The number of hydrogen-bond acceptors (Lipinski definition) is 5. The lowest BCUT2D eigenvalue weighted by Gasteiger charge is -2.13. The van der Waals surface area contributed by atoms with Crippen molar-refractivity contribution in [2.24, 2.45) is 17.7 Å². The normalized spacial score (nSPS) is 17.2. The van der Waals surface area contributed by atoms with Crippen molar-refractivity contribution in [1.82, 2.24) is 9.71 Å². The topological polar surface area (TPSA) is 97.1 Å². The Bertz CT molecular complexity index is 560. The Hall–Kier alpha value is -0.700. The number of hydrazine groups is 1. The predicted octanol–water partition coefficient (Wildman–Crippen LogP) is 1.45. The summed E-state index contributed by atoms with van der Waals surface area (Å²) in [6.07, 6.45) is 3.87. The number of anilines is 1. The van der Waals surface area contributed by atoms with Gasteiger partial charge >= 0.3 is 0 Å². The number of nitrogens with zero attached hydrogens (tertiary/aromatic N) is 1. The van der Waals surface area contributed by atoms with Gasteiger partial charge in [0.05, 0.1) is 0 Å². The summed E-state index contributed by atoms with van der Waals surface area (Å²) >= 11 is 3.21. The van der Waals surface area contributed by atoms with Gasteiger partial charge in [0.2, 0.25) is 10.0 Å². The Labute approximate surface area is 121 Å². The highest BCUT2D eigenvalue weighted by Crippen LogP contribution is 2.36. The number of nitrogen functional groups attached to an aromatic ring is 1. The highest BCUT2D eigenvalue weighted by atomic mass is 79.9. The summed E-state index contributed by atoms with van der Waals surface area (Å²) in [6, 6.07) is 1.48. The van der Waals surface area contributed by atoms with Crippen LogP contribution in [0.25, 0.3) is 0 Å². The molecule has 1 fully saturated rings. The van der Waals surface area contributed by atoms with E-state index >= 15 is 0 Å². The molecule has 1 saturated carbocycles. The Morgan fingerprint density at radius 2 is 2.26 bits per heavy atom. The maximum Gasteiger partial charge on any atom is 0.244 e. The molecule has 19 heavy (non-hydrogen) atoms. The number of rotatable bonds is 6. The van der Waals surface area contributed by atoms with Crippen molar-refractivity contribution in [1.29, 1.82) is 0 Å². The lowest BCUT2D eigenvalue weighted by atomic mass is 10.1. The van der Waals surface area contributed by atoms with Crippen LogP contribution in [0, 0.1) is 11.8 Å². The molecule has 1 aliphatic rings. The summed E-state index contributed by atoms with van der Waals surface area (Å²) in [5.74, 6) is 6.43. The van der Waals surface area contributed by atoms with Crippen LogP contribution in [-0.2, 0) is 10.0 Å². The van der Waals surface area contributed by atoms with Gasteiger partial charge in [-0.25, -0.2) is 24.0 Å². The molecule has 2 rings (SSSR count). The van der Waals surface area contributed by atoms with E-state index in [0.29, 0.717) is 22.9 Å². The Kier molecular flexibility index (Phi) is 4.44. The summed E-state index contributed by atoms with van der Waals surface area (Å²) in [5.41, 5.74) is 2.30. The molecule has 1 heterocycles. The summed E-state index contributed by atoms with van der Waals surface area (Å²) in [5, 5.41) is 0. The van der Waals surface area contributed by atoms with Crippen LogP contribution in [0.3, 0.4) is 0 Å². The number of aromatic nitrogens is 1. The summed E-state index contributed by atoms with van der Waals surface area (Å²) in [7, 11) is -3.61. The van der Waals surface area contributed by atoms with Crippen LogP contribution in [0.5, 0.6) is 0 Å². The molecule has 106 valence electrons. The van der Waals surface area contributed by atoms with Gasteiger partial charge in [-0.1, -0.05) is 6.92 Å². The predicted molar refractivity (Wildman–Crippen MR) is 76.8 cm³/mol. The van der Waals surface area contributed by atoms with Gasteiger partial charge in [-0.2, -0.15) is 0 Å². The third kappa shape index (κ3) is 3.65. The van der Waals surface area contributed by atoms with Crippen LogP contribution >= 0.6 is 15.9 Å². The third-order valence-corrected chi connectivity index (χ3v) is 5.14. The van der Waals surface area contributed by atoms with Crippen LogP contribution < -0.4 is 16.0 Å². The number of sulfonamides is 1. The van der Waals surface area contributed by atoms with Gasteiger partial charge in [-0.05, 0) is 46.7 Å². The molecule has 0 bridgehead atoms. The second-order valence-electron chi connectivity index (χ2n) is 4.81. The SMILES string of the molecule is CC(CNS(=O)(=O)c1cc(Br)cnc1NN)C1CC1. The highest BCUT2D eigenvalue weighted by molar-refractivity contribution is 9.10. The maximum atomic E-state index is 12.2. The number of hydrogen-bond donors (Lipinski definition) is 3. The molecule has 6 nitrogen and oxygen atoms in total. The maximum absolute atomic E-state index is 12.2. The Balaban J connectivity index is 2.15. The number of nitrogens with two attached hydrogens (primary N) is 1. The molecule has 1 aromatic heterocycles. The zero-order chi connectivity index (χ0) is 14.0. The smallest absolute Gasteiger partial charge is 0.244 e. The number of halogens is 1. The largest absolute Gasteiger partial charge is 0.307 e. The standard InChI is InChI=1S/C11H17BrN4O2S/c1-7(8-2-3-8)5-15-19(17,18)10-4-9(12)6-14-11(10)16-13/h4,6-8,15H,2-3,5,13H2,1H3,(H,14,16). The Morgan fingerprint density at radius 3 is 2.84 bits per heavy atom. The van der Waals surface area contributed by atoms with Gasteiger partial charge in [0.25, 0.3) is 0 Å². The first-order valence-electron chi connectivity index (χ1n) is 6.06. The Morgan fingerprint density at radius 1 is 1.58 bits per heavy atom. The fourth-order valence-corrected chi connectivity index (χ4v) is 3.65. The molecule has 1 aromatic rings. The molecule has 1 unspecified atom stereocenters. The zero-order valence-corrected chi connectivity index (χ0v) is 13.0. The van der Waals surface area contributed by atoms with E-state index < -0.39 is 10.0 Å². The molecular weight excluding hydrogens is 332 g/mol. The fourth-order valence-electron chi connectivity index (χ4n) is 1.88. The molecule has 0 aromatic carbocycles. The first kappa shape index (κ1) is 14.7. The molecule has 0 radical (unpaired) electrons. The lowest BCUT2D eigenvalue weighted by Crippen LogP contribution is -2.30. The van der Waals surface area contributed by atoms with Gasteiger partial charge in [-0.15, -0.1) is 0 Å². The minimum Gasteiger partial charge on any atom is -0.307 e. The van der Waals surface area contributed by atoms with E-state index in [1.54, 1.807) is 0 Å². The summed E-state index contributed by atoms with van der Waals surface area (Å²) in [4.78, 5) is 3.98. The van der Waals surface area contributed by atoms with Crippen molar-refractivity contribution in [2.45, 2.75) is 24.7 Å². The third-order valence-electron chi connectivity index (χ3n) is 3.27. The van der Waals surface area contributed by atoms with Gasteiger partial charge in [-0.3, -0.25) is 0 Å². The van der Waals surface area contributed by atoms with E-state index in [-0.39, 0.29) is 10.7 Å². The minimum atomic E-state index is -3.61. The van der Waals surface area contributed by atoms with E-state index in [9.17, 15) is 8.42 Å². The molecule has 0 amide bonds. The molecule has 0 saturated heterocycles. The van der Waals surface area contributed by atoms with E-state index in [0.717, 1.165) is 0 Å². The second kappa shape index (κ2) is 5.74. The lowest BCUT2D eigenvalue weighted by molar-refractivity contribution is 0.492. The minimum absolute atomic E-state index is 0.0485. The quantitative estimate of drug-likeness (QED) is 0.534. The van der Waals surface area contributed by atoms with Crippen molar-refractivity contribution in [3.63, 3.8) is 0 Å². The second-order valence-corrected chi connectivity index (χ2v) is 7.46. The summed E-state index contributed by atoms with van der Waals surface area (Å²) in [6.45, 7) is 2.49. The van der Waals surface area contributed by atoms with E-state index in [1.807, 2.05) is 0 Å². The van der Waals surface area contributed by atoms with E-state index in [1.165, 1.54) is 25.1 Å². The van der Waals surface area contributed by atoms with Crippen molar-refractivity contribution >= 4 is 31.8 Å². The van der Waals surface area contributed by atoms with Crippen LogP contribution in [-0.4, -0.2) is 19.9 Å². The fraction of sp³-hybridized carbons (Fsp3) is 0.545.